The zero-order valence-corrected chi connectivity index (χ0v) is 12.4. The Labute approximate surface area is 124 Å². The summed E-state index contributed by atoms with van der Waals surface area (Å²) in [6, 6.07) is 9.68. The standard InChI is InChI=1S/C14H13N5OS/c1-8-3-5-9(6-4-8)11-7-10(13(20)19(2)18-11)12-16-17-14(15)21-12/h3-7H,1-2H3,(H2,15,17). The molecule has 2 heterocycles. The van der Waals surface area contributed by atoms with Gasteiger partial charge in [-0.2, -0.15) is 5.10 Å². The molecule has 0 saturated heterocycles. The first kappa shape index (κ1) is 13.4. The lowest BCUT2D eigenvalue weighted by Gasteiger charge is -2.06. The van der Waals surface area contributed by atoms with Crippen LogP contribution in [0.4, 0.5) is 5.13 Å². The van der Waals surface area contributed by atoms with Gasteiger partial charge < -0.3 is 5.73 Å². The minimum absolute atomic E-state index is 0.220. The Morgan fingerprint density at radius 3 is 2.52 bits per heavy atom. The molecular weight excluding hydrogens is 286 g/mol. The van der Waals surface area contributed by atoms with E-state index in [1.165, 1.54) is 21.6 Å². The monoisotopic (exact) mass is 299 g/mol. The third kappa shape index (κ3) is 2.55. The van der Waals surface area contributed by atoms with Crippen LogP contribution < -0.4 is 11.3 Å². The van der Waals surface area contributed by atoms with E-state index in [2.05, 4.69) is 15.3 Å². The van der Waals surface area contributed by atoms with Crippen LogP contribution in [0.3, 0.4) is 0 Å². The van der Waals surface area contributed by atoms with Gasteiger partial charge in [-0.15, -0.1) is 10.2 Å². The normalized spacial score (nSPS) is 10.8. The number of nitrogens with two attached hydrogens (primary N) is 1. The van der Waals surface area contributed by atoms with Gasteiger partial charge in [-0.25, -0.2) is 4.68 Å². The van der Waals surface area contributed by atoms with Gasteiger partial charge in [0, 0.05) is 12.6 Å². The van der Waals surface area contributed by atoms with Crippen molar-refractivity contribution < 1.29 is 0 Å². The molecule has 0 atom stereocenters. The molecule has 106 valence electrons. The second-order valence-electron chi connectivity index (χ2n) is 4.68. The van der Waals surface area contributed by atoms with Crippen LogP contribution in [0.2, 0.25) is 0 Å². The number of aromatic nitrogens is 4. The number of hydrogen-bond acceptors (Lipinski definition) is 6. The summed E-state index contributed by atoms with van der Waals surface area (Å²) in [5, 5.41) is 12.8. The van der Waals surface area contributed by atoms with Crippen molar-refractivity contribution in [1.29, 1.82) is 0 Å². The third-order valence-electron chi connectivity index (χ3n) is 3.08. The molecule has 0 aliphatic rings. The van der Waals surface area contributed by atoms with Crippen LogP contribution in [-0.2, 0) is 7.05 Å². The average molecular weight is 299 g/mol. The van der Waals surface area contributed by atoms with Gasteiger partial charge in [0.1, 0.15) is 0 Å². The van der Waals surface area contributed by atoms with Gasteiger partial charge in [0.05, 0.1) is 11.3 Å². The molecule has 6 nitrogen and oxygen atoms in total. The molecule has 2 N–H and O–H groups in total. The number of rotatable bonds is 2. The summed E-state index contributed by atoms with van der Waals surface area (Å²) < 4.78 is 1.31. The maximum atomic E-state index is 12.2. The Bertz CT molecular complexity index is 851. The minimum atomic E-state index is -0.220. The van der Waals surface area contributed by atoms with Gasteiger partial charge in [0.2, 0.25) is 5.13 Å². The van der Waals surface area contributed by atoms with Crippen LogP contribution in [0, 0.1) is 6.92 Å². The number of aryl methyl sites for hydroxylation is 2. The van der Waals surface area contributed by atoms with E-state index in [9.17, 15) is 4.79 Å². The number of nitrogen functional groups attached to an aromatic ring is 1. The molecule has 7 heteroatoms. The van der Waals surface area contributed by atoms with Crippen molar-refractivity contribution in [2.24, 2.45) is 7.05 Å². The second-order valence-corrected chi connectivity index (χ2v) is 5.69. The van der Waals surface area contributed by atoms with Crippen LogP contribution >= 0.6 is 11.3 Å². The van der Waals surface area contributed by atoms with E-state index in [1.807, 2.05) is 31.2 Å². The summed E-state index contributed by atoms with van der Waals surface area (Å²) in [6.07, 6.45) is 0. The fourth-order valence-corrected chi connectivity index (χ4v) is 2.59. The summed E-state index contributed by atoms with van der Waals surface area (Å²) >= 11 is 1.18. The molecule has 0 radical (unpaired) electrons. The molecule has 0 unspecified atom stereocenters. The van der Waals surface area contributed by atoms with Crippen molar-refractivity contribution in [2.75, 3.05) is 5.73 Å². The van der Waals surface area contributed by atoms with E-state index in [-0.39, 0.29) is 5.56 Å². The Morgan fingerprint density at radius 1 is 1.19 bits per heavy atom. The lowest BCUT2D eigenvalue weighted by molar-refractivity contribution is 0.714. The molecule has 0 aliphatic heterocycles. The van der Waals surface area contributed by atoms with Crippen molar-refractivity contribution in [2.45, 2.75) is 6.92 Å². The smallest absolute Gasteiger partial charge is 0.276 e. The molecule has 2 aromatic heterocycles. The highest BCUT2D eigenvalue weighted by Crippen LogP contribution is 2.25. The molecule has 0 aliphatic carbocycles. The highest BCUT2D eigenvalue weighted by atomic mass is 32.1. The first-order valence-corrected chi connectivity index (χ1v) is 7.11. The van der Waals surface area contributed by atoms with Gasteiger partial charge in [0.25, 0.3) is 5.56 Å². The van der Waals surface area contributed by atoms with Gasteiger partial charge in [-0.1, -0.05) is 41.2 Å². The van der Waals surface area contributed by atoms with Crippen molar-refractivity contribution in [3.8, 4) is 21.8 Å². The highest BCUT2D eigenvalue weighted by molar-refractivity contribution is 7.18. The quantitative estimate of drug-likeness (QED) is 0.780. The SMILES string of the molecule is Cc1ccc(-c2cc(-c3nnc(N)s3)c(=O)n(C)n2)cc1. The summed E-state index contributed by atoms with van der Waals surface area (Å²) in [7, 11) is 1.62. The highest BCUT2D eigenvalue weighted by Gasteiger charge is 2.13. The van der Waals surface area contributed by atoms with Crippen LogP contribution in [0.5, 0.6) is 0 Å². The van der Waals surface area contributed by atoms with Crippen molar-refractivity contribution in [3.05, 3.63) is 46.2 Å². The Morgan fingerprint density at radius 2 is 1.90 bits per heavy atom. The predicted molar refractivity (Wildman–Crippen MR) is 83.0 cm³/mol. The first-order valence-electron chi connectivity index (χ1n) is 6.29. The van der Waals surface area contributed by atoms with Gasteiger partial charge in [-0.05, 0) is 13.0 Å². The molecular formula is C14H13N5OS. The third-order valence-corrected chi connectivity index (χ3v) is 3.87. The molecule has 1 aromatic carbocycles. The lowest BCUT2D eigenvalue weighted by Crippen LogP contribution is -2.21. The average Bonchev–Trinajstić information content (AvgIpc) is 2.89. The van der Waals surface area contributed by atoms with Gasteiger partial charge >= 0.3 is 0 Å². The fraction of sp³-hybridized carbons (Fsp3) is 0.143. The van der Waals surface area contributed by atoms with Crippen molar-refractivity contribution in [3.63, 3.8) is 0 Å². The topological polar surface area (TPSA) is 86.7 Å². The lowest BCUT2D eigenvalue weighted by atomic mass is 10.1. The molecule has 21 heavy (non-hydrogen) atoms. The van der Waals surface area contributed by atoms with Crippen LogP contribution in [0.1, 0.15) is 5.56 Å². The van der Waals surface area contributed by atoms with E-state index in [0.717, 1.165) is 5.56 Å². The maximum absolute atomic E-state index is 12.2. The number of nitrogens with zero attached hydrogens (tertiary/aromatic N) is 4. The van der Waals surface area contributed by atoms with E-state index < -0.39 is 0 Å². The Hall–Kier alpha value is -2.54. The van der Waals surface area contributed by atoms with Crippen LogP contribution in [0.15, 0.2) is 35.1 Å². The number of benzene rings is 1. The number of anilines is 1. The zero-order valence-electron chi connectivity index (χ0n) is 11.6. The molecule has 3 rings (SSSR count). The molecule has 0 amide bonds. The second kappa shape index (κ2) is 5.10. The van der Waals surface area contributed by atoms with E-state index in [0.29, 0.717) is 21.4 Å². The molecule has 0 saturated carbocycles. The van der Waals surface area contributed by atoms with Crippen LogP contribution in [0.25, 0.3) is 21.8 Å². The first-order chi connectivity index (χ1) is 10.0. The van der Waals surface area contributed by atoms with E-state index >= 15 is 0 Å². The van der Waals surface area contributed by atoms with Gasteiger partial charge in [-0.3, -0.25) is 4.79 Å². The Balaban J connectivity index is 2.18. The molecule has 0 fully saturated rings. The maximum Gasteiger partial charge on any atom is 0.276 e. The Kier molecular flexibility index (Phi) is 3.26. The van der Waals surface area contributed by atoms with Crippen LogP contribution in [-0.4, -0.2) is 20.0 Å². The summed E-state index contributed by atoms with van der Waals surface area (Å²) in [5.74, 6) is 0. The molecule has 3 aromatic rings. The molecule has 0 spiro atoms. The minimum Gasteiger partial charge on any atom is -0.374 e. The van der Waals surface area contributed by atoms with Crippen molar-refractivity contribution in [1.82, 2.24) is 20.0 Å². The zero-order chi connectivity index (χ0) is 15.0. The fourth-order valence-electron chi connectivity index (χ4n) is 1.97. The summed E-state index contributed by atoms with van der Waals surface area (Å²) in [6.45, 7) is 2.02. The summed E-state index contributed by atoms with van der Waals surface area (Å²) in [5.41, 5.74) is 8.64. The predicted octanol–water partition coefficient (Wildman–Crippen LogP) is 1.86. The van der Waals surface area contributed by atoms with E-state index in [1.54, 1.807) is 13.1 Å². The van der Waals surface area contributed by atoms with Crippen molar-refractivity contribution >= 4 is 16.5 Å². The van der Waals surface area contributed by atoms with Gasteiger partial charge in [0.15, 0.2) is 5.01 Å². The summed E-state index contributed by atoms with van der Waals surface area (Å²) in [4.78, 5) is 12.2. The molecule has 0 bridgehead atoms. The number of hydrogen-bond donors (Lipinski definition) is 1. The van der Waals surface area contributed by atoms with E-state index in [4.69, 9.17) is 5.73 Å². The largest absolute Gasteiger partial charge is 0.374 e.